The van der Waals surface area contributed by atoms with Crippen LogP contribution in [0.15, 0.2) is 42.3 Å². The van der Waals surface area contributed by atoms with E-state index in [1.807, 2.05) is 30.1 Å². The van der Waals surface area contributed by atoms with Crippen LogP contribution in [-0.2, 0) is 26.0 Å². The minimum Gasteiger partial charge on any atom is -0.466 e. The van der Waals surface area contributed by atoms with Gasteiger partial charge < -0.3 is 15.5 Å². The fourth-order valence-corrected chi connectivity index (χ4v) is 7.54. The standard InChI is InChI=1S/C23H28N6O4S/c1-3-33-20(30)12-19-27-18-13-26-22-17(7-10-25-22)21(18)29(19)34(31,32)23(9-5-4-6-15(23)2)28-11-8-16(24)14-28/h4-7,10,13,16H,3,8-9,11-12,14,24H2,1-2H3,(H,25,26)/t16-,23?/m1/s1. The lowest BCUT2D eigenvalue weighted by Crippen LogP contribution is -2.57. The first-order valence-electron chi connectivity index (χ1n) is 11.4. The van der Waals surface area contributed by atoms with E-state index in [9.17, 15) is 13.2 Å². The number of likely N-dealkylation sites (tertiary alicyclic amines) is 1. The molecule has 0 bridgehead atoms. The number of ether oxygens (including phenoxy) is 1. The van der Waals surface area contributed by atoms with Gasteiger partial charge in [-0.15, -0.1) is 0 Å². The number of H-pyrrole nitrogens is 1. The molecule has 34 heavy (non-hydrogen) atoms. The highest BCUT2D eigenvalue weighted by Gasteiger charge is 2.53. The van der Waals surface area contributed by atoms with Crippen LogP contribution in [-0.4, -0.2) is 68.8 Å². The van der Waals surface area contributed by atoms with Crippen molar-refractivity contribution in [2.75, 3.05) is 19.7 Å². The molecule has 3 aromatic heterocycles. The van der Waals surface area contributed by atoms with Gasteiger partial charge in [-0.25, -0.2) is 22.4 Å². The van der Waals surface area contributed by atoms with Crippen molar-refractivity contribution >= 4 is 38.1 Å². The van der Waals surface area contributed by atoms with Gasteiger partial charge in [-0.3, -0.25) is 9.69 Å². The molecule has 0 spiro atoms. The summed E-state index contributed by atoms with van der Waals surface area (Å²) in [7, 11) is -4.17. The molecule has 0 amide bonds. The normalized spacial score (nSPS) is 23.6. The molecule has 2 atom stereocenters. The van der Waals surface area contributed by atoms with Gasteiger partial charge in [0.25, 0.3) is 10.0 Å². The first kappa shape index (κ1) is 22.8. The van der Waals surface area contributed by atoms with E-state index in [-0.39, 0.29) is 31.3 Å². The SMILES string of the molecule is CCOC(=O)Cc1nc2cnc3[nH]ccc3c2n1S(=O)(=O)C1(N2CC[C@@H](N)C2)CC=CC=C1C. The van der Waals surface area contributed by atoms with Gasteiger partial charge in [0, 0.05) is 37.1 Å². The quantitative estimate of drug-likeness (QED) is 0.506. The summed E-state index contributed by atoms with van der Waals surface area (Å²) in [6, 6.07) is 1.67. The maximum Gasteiger partial charge on any atom is 0.313 e. The number of carbonyl (C=O) groups is 1. The van der Waals surface area contributed by atoms with Gasteiger partial charge in [0.15, 0.2) is 4.87 Å². The number of nitrogens with one attached hydrogen (secondary N) is 1. The minimum atomic E-state index is -4.17. The van der Waals surface area contributed by atoms with Gasteiger partial charge in [-0.1, -0.05) is 18.2 Å². The molecular formula is C23H28N6O4S. The average molecular weight is 485 g/mol. The Morgan fingerprint density at radius 1 is 1.41 bits per heavy atom. The number of fused-ring (bicyclic) bond motifs is 3. The molecule has 0 radical (unpaired) electrons. The van der Waals surface area contributed by atoms with Gasteiger partial charge in [0.2, 0.25) is 0 Å². The summed E-state index contributed by atoms with van der Waals surface area (Å²) in [5.41, 5.74) is 8.25. The third-order valence-corrected chi connectivity index (χ3v) is 9.20. The number of nitrogens with zero attached hydrogens (tertiary/aromatic N) is 4. The lowest BCUT2D eigenvalue weighted by molar-refractivity contribution is -0.142. The molecule has 1 fully saturated rings. The van der Waals surface area contributed by atoms with Gasteiger partial charge in [0.05, 0.1) is 18.3 Å². The smallest absolute Gasteiger partial charge is 0.313 e. The summed E-state index contributed by atoms with van der Waals surface area (Å²) in [6.45, 7) is 4.75. The lowest BCUT2D eigenvalue weighted by atomic mass is 9.98. The van der Waals surface area contributed by atoms with Crippen molar-refractivity contribution in [2.45, 2.75) is 44.0 Å². The van der Waals surface area contributed by atoms with E-state index in [1.54, 1.807) is 19.2 Å². The van der Waals surface area contributed by atoms with E-state index in [1.165, 1.54) is 10.2 Å². The molecule has 1 unspecified atom stereocenters. The lowest BCUT2D eigenvalue weighted by Gasteiger charge is -2.43. The summed E-state index contributed by atoms with van der Waals surface area (Å²) in [5, 5.41) is 0.616. The van der Waals surface area contributed by atoms with Crippen LogP contribution < -0.4 is 5.73 Å². The van der Waals surface area contributed by atoms with Crippen LogP contribution in [0.5, 0.6) is 0 Å². The molecule has 11 heteroatoms. The third-order valence-electron chi connectivity index (χ3n) is 6.73. The van der Waals surface area contributed by atoms with E-state index >= 15 is 0 Å². The molecule has 10 nitrogen and oxygen atoms in total. The second kappa shape index (κ2) is 8.33. The molecule has 0 aromatic carbocycles. The zero-order valence-electron chi connectivity index (χ0n) is 19.2. The van der Waals surface area contributed by atoms with E-state index in [0.29, 0.717) is 47.2 Å². The van der Waals surface area contributed by atoms with Crippen LogP contribution in [0, 0.1) is 0 Å². The Morgan fingerprint density at radius 2 is 2.24 bits per heavy atom. The molecular weight excluding hydrogens is 456 g/mol. The molecule has 1 aliphatic carbocycles. The van der Waals surface area contributed by atoms with E-state index in [2.05, 4.69) is 15.0 Å². The summed E-state index contributed by atoms with van der Waals surface area (Å²) >= 11 is 0. The predicted octanol–water partition coefficient (Wildman–Crippen LogP) is 1.83. The third kappa shape index (κ3) is 3.29. The van der Waals surface area contributed by atoms with Gasteiger partial charge in [0.1, 0.15) is 23.4 Å². The molecule has 1 aliphatic heterocycles. The Kier molecular flexibility index (Phi) is 5.58. The van der Waals surface area contributed by atoms with Crippen LogP contribution in [0.3, 0.4) is 0 Å². The predicted molar refractivity (Wildman–Crippen MR) is 128 cm³/mol. The van der Waals surface area contributed by atoms with Crippen LogP contribution in [0.4, 0.5) is 0 Å². The Balaban J connectivity index is 1.80. The Hall–Kier alpha value is -3.02. The zero-order valence-corrected chi connectivity index (χ0v) is 20.0. The van der Waals surface area contributed by atoms with Crippen LogP contribution >= 0.6 is 0 Å². The zero-order chi connectivity index (χ0) is 24.1. The maximum atomic E-state index is 14.8. The largest absolute Gasteiger partial charge is 0.466 e. The van der Waals surface area contributed by atoms with Gasteiger partial charge >= 0.3 is 5.97 Å². The monoisotopic (exact) mass is 484 g/mol. The molecule has 0 saturated carbocycles. The van der Waals surface area contributed by atoms with Crippen molar-refractivity contribution in [3.63, 3.8) is 0 Å². The molecule has 3 aromatic rings. The topological polar surface area (TPSA) is 136 Å². The Labute approximate surface area is 197 Å². The summed E-state index contributed by atoms with van der Waals surface area (Å²) in [6.07, 6.45) is 9.51. The maximum absolute atomic E-state index is 14.8. The minimum absolute atomic E-state index is 0.106. The Morgan fingerprint density at radius 3 is 2.94 bits per heavy atom. The number of aromatic nitrogens is 4. The van der Waals surface area contributed by atoms with Crippen molar-refractivity contribution in [2.24, 2.45) is 5.73 Å². The fraction of sp³-hybridized carbons (Fsp3) is 0.435. The number of aromatic amines is 1. The number of imidazole rings is 1. The second-order valence-corrected chi connectivity index (χ2v) is 10.8. The molecule has 3 N–H and O–H groups in total. The van der Waals surface area contributed by atoms with E-state index in [0.717, 1.165) is 0 Å². The number of hydrogen-bond donors (Lipinski definition) is 2. The number of hydrogen-bond acceptors (Lipinski definition) is 8. The van der Waals surface area contributed by atoms with Crippen LogP contribution in [0.25, 0.3) is 22.1 Å². The number of esters is 1. The molecule has 4 heterocycles. The number of nitrogens with two attached hydrogens (primary N) is 1. The first-order chi connectivity index (χ1) is 16.3. The van der Waals surface area contributed by atoms with Crippen LogP contribution in [0.1, 0.15) is 32.5 Å². The van der Waals surface area contributed by atoms with Crippen LogP contribution in [0.2, 0.25) is 0 Å². The fourth-order valence-electron chi connectivity index (χ4n) is 5.15. The summed E-state index contributed by atoms with van der Waals surface area (Å²) in [5.74, 6) is -0.435. The average Bonchev–Trinajstić information content (AvgIpc) is 3.51. The van der Waals surface area contributed by atoms with Gasteiger partial charge in [-0.2, -0.15) is 0 Å². The van der Waals surface area contributed by atoms with E-state index < -0.39 is 20.9 Å². The molecule has 1 saturated heterocycles. The highest BCUT2D eigenvalue weighted by Crippen LogP contribution is 2.42. The molecule has 5 rings (SSSR count). The van der Waals surface area contributed by atoms with E-state index in [4.69, 9.17) is 10.5 Å². The number of pyridine rings is 1. The first-order valence-corrected chi connectivity index (χ1v) is 12.8. The number of carbonyl (C=O) groups excluding carboxylic acids is 1. The van der Waals surface area contributed by atoms with Gasteiger partial charge in [-0.05, 0) is 31.9 Å². The van der Waals surface area contributed by atoms with Crippen molar-refractivity contribution in [3.8, 4) is 0 Å². The molecule has 2 aliphatic rings. The Bertz CT molecular complexity index is 1440. The highest BCUT2D eigenvalue weighted by atomic mass is 32.2. The summed E-state index contributed by atoms with van der Waals surface area (Å²) in [4.78, 5) is 25.0. The summed E-state index contributed by atoms with van der Waals surface area (Å²) < 4.78 is 36.0. The van der Waals surface area contributed by atoms with Crippen molar-refractivity contribution in [3.05, 3.63) is 48.1 Å². The van der Waals surface area contributed by atoms with Crippen molar-refractivity contribution in [1.29, 1.82) is 0 Å². The second-order valence-electron chi connectivity index (χ2n) is 8.77. The number of allylic oxidation sites excluding steroid dienone is 2. The van der Waals surface area contributed by atoms with Crippen molar-refractivity contribution < 1.29 is 17.9 Å². The highest BCUT2D eigenvalue weighted by molar-refractivity contribution is 7.91. The molecule has 180 valence electrons. The van der Waals surface area contributed by atoms with Crippen molar-refractivity contribution in [1.82, 2.24) is 23.8 Å². The number of rotatable bonds is 6.